The number of anilines is 2. The molecule has 1 aliphatic carbocycles. The minimum absolute atomic E-state index is 0.229. The van der Waals surface area contributed by atoms with Crippen LogP contribution < -0.4 is 5.32 Å². The Labute approximate surface area is 129 Å². The fourth-order valence-corrected chi connectivity index (χ4v) is 4.21. The summed E-state index contributed by atoms with van der Waals surface area (Å²) in [5, 5.41) is 4.52. The molecule has 0 atom stereocenters. The third kappa shape index (κ3) is 2.26. The summed E-state index contributed by atoms with van der Waals surface area (Å²) in [6, 6.07) is 6.20. The van der Waals surface area contributed by atoms with Crippen LogP contribution in [0.5, 0.6) is 0 Å². The van der Waals surface area contributed by atoms with Crippen LogP contribution in [0, 0.1) is 5.82 Å². The van der Waals surface area contributed by atoms with E-state index < -0.39 is 0 Å². The molecule has 0 saturated heterocycles. The van der Waals surface area contributed by atoms with E-state index in [2.05, 4.69) is 15.3 Å². The van der Waals surface area contributed by atoms with Gasteiger partial charge in [-0.1, -0.05) is 0 Å². The number of thiophene rings is 1. The van der Waals surface area contributed by atoms with E-state index in [9.17, 15) is 4.39 Å². The maximum Gasteiger partial charge on any atom is 0.225 e. The smallest absolute Gasteiger partial charge is 0.225 e. The lowest BCUT2D eigenvalue weighted by molar-refractivity contribution is 0.628. The quantitative estimate of drug-likeness (QED) is 0.695. The molecule has 0 radical (unpaired) electrons. The summed E-state index contributed by atoms with van der Waals surface area (Å²) in [5.74, 6) is 0.443. The van der Waals surface area contributed by atoms with Gasteiger partial charge < -0.3 is 5.32 Å². The molecule has 0 amide bonds. The highest BCUT2D eigenvalue weighted by Crippen LogP contribution is 2.40. The van der Waals surface area contributed by atoms with Crippen LogP contribution in [0.1, 0.15) is 16.9 Å². The van der Waals surface area contributed by atoms with Crippen molar-refractivity contribution in [2.45, 2.75) is 19.3 Å². The number of hydrogen-bond donors (Lipinski definition) is 1. The molecule has 0 unspecified atom stereocenters. The van der Waals surface area contributed by atoms with Crippen molar-refractivity contribution in [3.8, 4) is 0 Å². The largest absolute Gasteiger partial charge is 0.340 e. The molecule has 0 fully saturated rings. The fourth-order valence-electron chi connectivity index (χ4n) is 2.73. The SMILES string of the molecule is Fc1ccc(Nc2nc(Cl)nc3sc4c(c23)CCC4)cc1. The normalized spacial score (nSPS) is 13.6. The molecule has 3 nitrogen and oxygen atoms in total. The third-order valence-corrected chi connectivity index (χ3v) is 5.00. The van der Waals surface area contributed by atoms with Gasteiger partial charge in [0.2, 0.25) is 5.28 Å². The second kappa shape index (κ2) is 4.93. The number of aryl methyl sites for hydroxylation is 2. The third-order valence-electron chi connectivity index (χ3n) is 3.64. The van der Waals surface area contributed by atoms with E-state index in [0.29, 0.717) is 5.82 Å². The van der Waals surface area contributed by atoms with Crippen LogP contribution in [0.15, 0.2) is 24.3 Å². The van der Waals surface area contributed by atoms with Crippen molar-refractivity contribution in [3.63, 3.8) is 0 Å². The lowest BCUT2D eigenvalue weighted by atomic mass is 10.2. The molecule has 4 rings (SSSR count). The van der Waals surface area contributed by atoms with Crippen molar-refractivity contribution in [1.82, 2.24) is 9.97 Å². The zero-order chi connectivity index (χ0) is 14.4. The van der Waals surface area contributed by atoms with Crippen LogP contribution in [0.25, 0.3) is 10.2 Å². The molecule has 0 bridgehead atoms. The highest BCUT2D eigenvalue weighted by atomic mass is 35.5. The van der Waals surface area contributed by atoms with Gasteiger partial charge in [0.25, 0.3) is 0 Å². The maximum atomic E-state index is 13.0. The molecule has 2 aromatic heterocycles. The molecule has 1 aliphatic rings. The zero-order valence-electron chi connectivity index (χ0n) is 11.0. The summed E-state index contributed by atoms with van der Waals surface area (Å²) in [5.41, 5.74) is 2.11. The first kappa shape index (κ1) is 13.0. The Hall–Kier alpha value is -1.72. The summed E-state index contributed by atoms with van der Waals surface area (Å²) >= 11 is 7.71. The van der Waals surface area contributed by atoms with Gasteiger partial charge in [0.1, 0.15) is 16.5 Å². The summed E-state index contributed by atoms with van der Waals surface area (Å²) in [7, 11) is 0. The van der Waals surface area contributed by atoms with Crippen molar-refractivity contribution >= 4 is 44.7 Å². The van der Waals surface area contributed by atoms with E-state index in [0.717, 1.165) is 28.7 Å². The lowest BCUT2D eigenvalue weighted by Crippen LogP contribution is -1.97. The number of halogens is 2. The topological polar surface area (TPSA) is 37.8 Å². The molecule has 1 aromatic carbocycles. The predicted octanol–water partition coefficient (Wildman–Crippen LogP) is 4.72. The van der Waals surface area contributed by atoms with Gasteiger partial charge in [0.05, 0.1) is 5.39 Å². The van der Waals surface area contributed by atoms with Gasteiger partial charge in [-0.3, -0.25) is 0 Å². The Morgan fingerprint density at radius 1 is 1.14 bits per heavy atom. The average Bonchev–Trinajstić information content (AvgIpc) is 3.01. The highest BCUT2D eigenvalue weighted by Gasteiger charge is 2.22. The highest BCUT2D eigenvalue weighted by molar-refractivity contribution is 7.19. The monoisotopic (exact) mass is 319 g/mol. The summed E-state index contributed by atoms with van der Waals surface area (Å²) in [4.78, 5) is 11.0. The lowest BCUT2D eigenvalue weighted by Gasteiger charge is -2.08. The Kier molecular flexibility index (Phi) is 3.05. The van der Waals surface area contributed by atoms with Crippen molar-refractivity contribution in [2.75, 3.05) is 5.32 Å². The van der Waals surface area contributed by atoms with Crippen LogP contribution in [0.4, 0.5) is 15.9 Å². The van der Waals surface area contributed by atoms with Crippen LogP contribution >= 0.6 is 22.9 Å². The zero-order valence-corrected chi connectivity index (χ0v) is 12.6. The Bertz CT molecular complexity index is 829. The molecule has 2 heterocycles. The van der Waals surface area contributed by atoms with Gasteiger partial charge in [-0.2, -0.15) is 4.98 Å². The molecule has 3 aromatic rings. The van der Waals surface area contributed by atoms with Gasteiger partial charge in [-0.25, -0.2) is 9.37 Å². The van der Waals surface area contributed by atoms with E-state index in [1.807, 2.05) is 0 Å². The van der Waals surface area contributed by atoms with Crippen LogP contribution in [-0.2, 0) is 12.8 Å². The maximum absolute atomic E-state index is 13.0. The minimum Gasteiger partial charge on any atom is -0.340 e. The number of nitrogens with one attached hydrogen (secondary N) is 1. The molecule has 106 valence electrons. The standard InChI is InChI=1S/C15H11ClFN3S/c16-15-19-13(18-9-6-4-8(17)5-7-9)12-10-2-1-3-11(10)21-14(12)20-15/h4-7H,1-3H2,(H,18,19,20). The van der Waals surface area contributed by atoms with Crippen LogP contribution in [0.2, 0.25) is 5.28 Å². The summed E-state index contributed by atoms with van der Waals surface area (Å²) < 4.78 is 13.0. The summed E-state index contributed by atoms with van der Waals surface area (Å²) in [6.45, 7) is 0. The van der Waals surface area contributed by atoms with Crippen LogP contribution in [0.3, 0.4) is 0 Å². The minimum atomic E-state index is -0.261. The summed E-state index contributed by atoms with van der Waals surface area (Å²) in [6.07, 6.45) is 3.33. The first-order valence-corrected chi connectivity index (χ1v) is 7.90. The van der Waals surface area contributed by atoms with Crippen molar-refractivity contribution < 1.29 is 4.39 Å². The molecular weight excluding hydrogens is 309 g/mol. The molecule has 0 saturated carbocycles. The van der Waals surface area contributed by atoms with E-state index >= 15 is 0 Å². The number of nitrogens with zero attached hydrogens (tertiary/aromatic N) is 2. The number of fused-ring (bicyclic) bond motifs is 3. The average molecular weight is 320 g/mol. The molecule has 0 aliphatic heterocycles. The number of rotatable bonds is 2. The van der Waals surface area contributed by atoms with Gasteiger partial charge >= 0.3 is 0 Å². The second-order valence-electron chi connectivity index (χ2n) is 5.01. The van der Waals surface area contributed by atoms with Gasteiger partial charge in [0, 0.05) is 10.6 Å². The molecule has 1 N–H and O–H groups in total. The Morgan fingerprint density at radius 2 is 1.95 bits per heavy atom. The number of benzene rings is 1. The molecular formula is C15H11ClFN3S. The van der Waals surface area contributed by atoms with Crippen molar-refractivity contribution in [1.29, 1.82) is 0 Å². The number of aromatic nitrogens is 2. The van der Waals surface area contributed by atoms with Gasteiger partial charge in [-0.05, 0) is 60.7 Å². The number of hydrogen-bond acceptors (Lipinski definition) is 4. The van der Waals surface area contributed by atoms with E-state index in [-0.39, 0.29) is 11.1 Å². The first-order valence-electron chi connectivity index (χ1n) is 6.71. The van der Waals surface area contributed by atoms with E-state index in [1.54, 1.807) is 23.5 Å². The van der Waals surface area contributed by atoms with Gasteiger partial charge in [-0.15, -0.1) is 11.3 Å². The molecule has 0 spiro atoms. The Balaban J connectivity index is 1.85. The molecule has 21 heavy (non-hydrogen) atoms. The van der Waals surface area contributed by atoms with Gasteiger partial charge in [0.15, 0.2) is 0 Å². The van der Waals surface area contributed by atoms with Crippen LogP contribution in [-0.4, -0.2) is 9.97 Å². The van der Waals surface area contributed by atoms with E-state index in [1.165, 1.54) is 29.0 Å². The fraction of sp³-hybridized carbons (Fsp3) is 0.200. The van der Waals surface area contributed by atoms with E-state index in [4.69, 9.17) is 11.6 Å². The predicted molar refractivity (Wildman–Crippen MR) is 84.1 cm³/mol. The molecule has 6 heteroatoms. The van der Waals surface area contributed by atoms with Crippen molar-refractivity contribution in [3.05, 3.63) is 45.8 Å². The Morgan fingerprint density at radius 3 is 2.76 bits per heavy atom. The van der Waals surface area contributed by atoms with Crippen molar-refractivity contribution in [2.24, 2.45) is 0 Å². The first-order chi connectivity index (χ1) is 10.2. The second-order valence-corrected chi connectivity index (χ2v) is 6.43.